The lowest BCUT2D eigenvalue weighted by molar-refractivity contribution is -0.117. The van der Waals surface area contributed by atoms with Gasteiger partial charge >= 0.3 is 0 Å². The van der Waals surface area contributed by atoms with Crippen molar-refractivity contribution in [2.24, 2.45) is 0 Å². The van der Waals surface area contributed by atoms with E-state index in [1.165, 1.54) is 12.1 Å². The van der Waals surface area contributed by atoms with Crippen LogP contribution in [-0.2, 0) is 11.3 Å². The smallest absolute Gasteiger partial charge is 0.278 e. The molecule has 2 heterocycles. The van der Waals surface area contributed by atoms with Gasteiger partial charge in [-0.15, -0.1) is 0 Å². The predicted molar refractivity (Wildman–Crippen MR) is 117 cm³/mol. The van der Waals surface area contributed by atoms with Gasteiger partial charge in [0.05, 0.1) is 0 Å². The van der Waals surface area contributed by atoms with Crippen LogP contribution in [0, 0.1) is 13.8 Å². The summed E-state index contributed by atoms with van der Waals surface area (Å²) < 4.78 is 6.34. The van der Waals surface area contributed by atoms with Crippen LogP contribution in [-0.4, -0.2) is 25.8 Å². The van der Waals surface area contributed by atoms with Crippen LogP contribution in [0.5, 0.6) is 0 Å². The minimum absolute atomic E-state index is 0.133. The van der Waals surface area contributed by atoms with Gasteiger partial charge in [-0.2, -0.15) is 10.1 Å². The van der Waals surface area contributed by atoms with Crippen LogP contribution in [0.1, 0.15) is 11.1 Å². The van der Waals surface area contributed by atoms with Crippen LogP contribution in [0.25, 0.3) is 23.0 Å². The van der Waals surface area contributed by atoms with E-state index in [2.05, 4.69) is 20.6 Å². The molecule has 0 bridgehead atoms. The summed E-state index contributed by atoms with van der Waals surface area (Å²) in [4.78, 5) is 29.0. The number of hydrogen-bond acceptors (Lipinski definition) is 6. The van der Waals surface area contributed by atoms with E-state index < -0.39 is 5.56 Å². The Morgan fingerprint density at radius 2 is 1.87 bits per heavy atom. The first kappa shape index (κ1) is 20.5. The minimum atomic E-state index is -0.419. The zero-order valence-electron chi connectivity index (χ0n) is 16.8. The number of aromatic nitrogens is 4. The Kier molecular flexibility index (Phi) is 5.64. The van der Waals surface area contributed by atoms with Crippen molar-refractivity contribution < 1.29 is 9.32 Å². The van der Waals surface area contributed by atoms with Crippen molar-refractivity contribution in [1.29, 1.82) is 0 Å². The zero-order chi connectivity index (χ0) is 22.0. The van der Waals surface area contributed by atoms with E-state index in [9.17, 15) is 9.59 Å². The van der Waals surface area contributed by atoms with Crippen molar-refractivity contribution in [3.05, 3.63) is 81.1 Å². The highest BCUT2D eigenvalue weighted by Gasteiger charge is 2.15. The van der Waals surface area contributed by atoms with Crippen LogP contribution >= 0.6 is 11.6 Å². The predicted octanol–water partition coefficient (Wildman–Crippen LogP) is 3.87. The number of benzene rings is 2. The maximum atomic E-state index is 12.5. The second kappa shape index (κ2) is 8.53. The number of halogens is 1. The summed E-state index contributed by atoms with van der Waals surface area (Å²) in [6.45, 7) is 3.58. The molecule has 9 heteroatoms. The van der Waals surface area contributed by atoms with Crippen LogP contribution in [0.3, 0.4) is 0 Å². The van der Waals surface area contributed by atoms with Gasteiger partial charge in [-0.1, -0.05) is 28.9 Å². The maximum Gasteiger partial charge on any atom is 0.278 e. The van der Waals surface area contributed by atoms with Crippen molar-refractivity contribution in [3.8, 4) is 23.0 Å². The Morgan fingerprint density at radius 1 is 1.10 bits per heavy atom. The molecule has 0 radical (unpaired) electrons. The lowest BCUT2D eigenvalue weighted by Crippen LogP contribution is -2.29. The molecule has 2 aromatic heterocycles. The van der Waals surface area contributed by atoms with Crippen molar-refractivity contribution in [1.82, 2.24) is 19.9 Å². The Morgan fingerprint density at radius 3 is 2.65 bits per heavy atom. The summed E-state index contributed by atoms with van der Waals surface area (Å²) in [6.07, 6.45) is 0. The van der Waals surface area contributed by atoms with Gasteiger partial charge in [-0.25, -0.2) is 4.68 Å². The molecular weight excluding hydrogens is 418 g/mol. The number of hydrogen-bond donors (Lipinski definition) is 1. The molecule has 0 unspecified atom stereocenters. The molecule has 0 fully saturated rings. The Balaban J connectivity index is 1.55. The van der Waals surface area contributed by atoms with Crippen molar-refractivity contribution in [2.75, 3.05) is 5.32 Å². The summed E-state index contributed by atoms with van der Waals surface area (Å²) in [5.74, 6) is 0.125. The zero-order valence-corrected chi connectivity index (χ0v) is 17.6. The summed E-state index contributed by atoms with van der Waals surface area (Å²) in [5.41, 5.74) is 3.23. The molecule has 0 saturated carbocycles. The molecule has 1 amide bonds. The third kappa shape index (κ3) is 4.70. The highest BCUT2D eigenvalue weighted by atomic mass is 35.5. The van der Waals surface area contributed by atoms with Gasteiger partial charge < -0.3 is 9.84 Å². The molecule has 0 spiro atoms. The highest BCUT2D eigenvalue weighted by Crippen LogP contribution is 2.22. The van der Waals surface area contributed by atoms with E-state index in [-0.39, 0.29) is 24.0 Å². The van der Waals surface area contributed by atoms with Gasteiger partial charge in [-0.05, 0) is 61.4 Å². The second-order valence-corrected chi connectivity index (χ2v) is 7.45. The number of amides is 1. The van der Waals surface area contributed by atoms with E-state index in [0.29, 0.717) is 16.5 Å². The Labute approximate surface area is 182 Å². The number of nitrogens with zero attached hydrogens (tertiary/aromatic N) is 4. The fourth-order valence-corrected chi connectivity index (χ4v) is 3.04. The molecule has 0 aliphatic carbocycles. The molecule has 4 aromatic rings. The van der Waals surface area contributed by atoms with E-state index in [1.54, 1.807) is 24.3 Å². The molecule has 8 nitrogen and oxygen atoms in total. The van der Waals surface area contributed by atoms with Crippen molar-refractivity contribution >= 4 is 23.2 Å². The molecule has 1 N–H and O–H groups in total. The maximum absolute atomic E-state index is 12.5. The summed E-state index contributed by atoms with van der Waals surface area (Å²) in [6, 6.07) is 15.5. The lowest BCUT2D eigenvalue weighted by atomic mass is 10.1. The molecule has 0 aliphatic heterocycles. The first-order valence-corrected chi connectivity index (χ1v) is 9.82. The number of carbonyl (C=O) groups is 1. The van der Waals surface area contributed by atoms with Gasteiger partial charge in [0.25, 0.3) is 11.4 Å². The van der Waals surface area contributed by atoms with Crippen molar-refractivity contribution in [3.63, 3.8) is 0 Å². The average molecular weight is 436 g/mol. The molecule has 0 aliphatic rings. The quantitative estimate of drug-likeness (QED) is 0.510. The third-order valence-corrected chi connectivity index (χ3v) is 4.83. The fourth-order valence-electron chi connectivity index (χ4n) is 2.92. The normalized spacial score (nSPS) is 10.8. The van der Waals surface area contributed by atoms with E-state index >= 15 is 0 Å². The molecule has 2 aromatic carbocycles. The van der Waals surface area contributed by atoms with E-state index in [1.807, 2.05) is 32.0 Å². The number of anilines is 1. The Bertz CT molecular complexity index is 1310. The molecule has 31 heavy (non-hydrogen) atoms. The summed E-state index contributed by atoms with van der Waals surface area (Å²) in [7, 11) is 0. The van der Waals surface area contributed by atoms with Crippen LogP contribution < -0.4 is 10.9 Å². The third-order valence-electron chi connectivity index (χ3n) is 4.57. The second-order valence-electron chi connectivity index (χ2n) is 7.01. The summed E-state index contributed by atoms with van der Waals surface area (Å²) in [5, 5.41) is 11.6. The minimum Gasteiger partial charge on any atom is -0.332 e. The van der Waals surface area contributed by atoms with E-state index in [4.69, 9.17) is 16.1 Å². The average Bonchev–Trinajstić information content (AvgIpc) is 3.23. The molecular formula is C22H18ClN5O3. The largest absolute Gasteiger partial charge is 0.332 e. The molecule has 0 saturated heterocycles. The number of aryl methyl sites for hydroxylation is 2. The standard InChI is InChI=1S/C22H18ClN5O3/c1-13-3-4-14(2)18(11-13)24-19(29)12-28-20(30)10-9-17(26-28)22-25-21(27-31-22)15-5-7-16(23)8-6-15/h3-11H,12H2,1-2H3,(H,24,29). The first-order chi connectivity index (χ1) is 14.9. The van der Waals surface area contributed by atoms with Crippen LogP contribution in [0.15, 0.2) is 63.9 Å². The Hall–Kier alpha value is -3.78. The van der Waals surface area contributed by atoms with Gasteiger partial charge in [0.1, 0.15) is 12.2 Å². The fraction of sp³-hybridized carbons (Fsp3) is 0.136. The topological polar surface area (TPSA) is 103 Å². The SMILES string of the molecule is Cc1ccc(C)c(NC(=O)Cn2nc(-c3nc(-c4ccc(Cl)cc4)no3)ccc2=O)c1. The lowest BCUT2D eigenvalue weighted by Gasteiger charge is -2.10. The van der Waals surface area contributed by atoms with Gasteiger partial charge in [0.2, 0.25) is 11.7 Å². The first-order valence-electron chi connectivity index (χ1n) is 9.44. The van der Waals surface area contributed by atoms with Gasteiger partial charge in [-0.3, -0.25) is 9.59 Å². The van der Waals surface area contributed by atoms with Gasteiger partial charge in [0, 0.05) is 22.3 Å². The van der Waals surface area contributed by atoms with Crippen LogP contribution in [0.2, 0.25) is 5.02 Å². The van der Waals surface area contributed by atoms with E-state index in [0.717, 1.165) is 21.4 Å². The van der Waals surface area contributed by atoms with Gasteiger partial charge in [0.15, 0.2) is 0 Å². The molecule has 0 atom stereocenters. The van der Waals surface area contributed by atoms with Crippen LogP contribution in [0.4, 0.5) is 5.69 Å². The number of carbonyl (C=O) groups excluding carboxylic acids is 1. The van der Waals surface area contributed by atoms with Crippen molar-refractivity contribution in [2.45, 2.75) is 20.4 Å². The number of rotatable bonds is 5. The molecule has 156 valence electrons. The number of nitrogens with one attached hydrogen (secondary N) is 1. The molecule has 4 rings (SSSR count). The summed E-state index contributed by atoms with van der Waals surface area (Å²) >= 11 is 5.90. The highest BCUT2D eigenvalue weighted by molar-refractivity contribution is 6.30. The monoisotopic (exact) mass is 435 g/mol.